The largest absolute Gasteiger partial charge is 0.406 e. The molecule has 0 fully saturated rings. The van der Waals surface area contributed by atoms with Crippen molar-refractivity contribution in [2.24, 2.45) is 0 Å². The first-order chi connectivity index (χ1) is 6.48. The van der Waals surface area contributed by atoms with Gasteiger partial charge in [0.1, 0.15) is 18.7 Å². The van der Waals surface area contributed by atoms with E-state index in [1.165, 1.54) is 12.1 Å². The van der Waals surface area contributed by atoms with E-state index in [0.29, 0.717) is 4.57 Å². The molecule has 0 radical (unpaired) electrons. The zero-order valence-electron chi connectivity index (χ0n) is 6.71. The van der Waals surface area contributed by atoms with Crippen LogP contribution in [0.25, 0.3) is 0 Å². The number of halogens is 3. The van der Waals surface area contributed by atoms with E-state index in [4.69, 9.17) is 10.5 Å². The van der Waals surface area contributed by atoms with Crippen LogP contribution < -0.4 is 0 Å². The lowest BCUT2D eigenvalue weighted by Crippen LogP contribution is -2.18. The first kappa shape index (κ1) is 10.1. The average molecular weight is 200 g/mol. The molecule has 0 aliphatic carbocycles. The summed E-state index contributed by atoms with van der Waals surface area (Å²) < 4.78 is 36.4. The Kier molecular flexibility index (Phi) is 2.43. The maximum absolute atomic E-state index is 11.9. The van der Waals surface area contributed by atoms with Crippen molar-refractivity contribution in [1.29, 1.82) is 10.5 Å². The number of nitrogens with zero attached hydrogens (tertiary/aromatic N) is 4. The average Bonchev–Trinajstić information content (AvgIpc) is 2.43. The van der Waals surface area contributed by atoms with Gasteiger partial charge in [0.2, 0.25) is 0 Å². The molecular formula is C7H3F3N4. The van der Waals surface area contributed by atoms with Crippen LogP contribution in [0.3, 0.4) is 0 Å². The second-order valence-corrected chi connectivity index (χ2v) is 2.41. The Morgan fingerprint density at radius 3 is 2.43 bits per heavy atom. The third-order valence-electron chi connectivity index (χ3n) is 1.40. The summed E-state index contributed by atoms with van der Waals surface area (Å²) in [5.74, 6) is 0. The van der Waals surface area contributed by atoms with E-state index in [-0.39, 0.29) is 11.4 Å². The second-order valence-electron chi connectivity index (χ2n) is 2.41. The lowest BCUT2D eigenvalue weighted by molar-refractivity contribution is -0.140. The number of nitriles is 2. The Labute approximate surface area is 76.8 Å². The van der Waals surface area contributed by atoms with Gasteiger partial charge in [-0.3, -0.25) is 0 Å². The molecule has 1 aromatic rings. The molecule has 0 saturated carbocycles. The molecule has 0 N–H and O–H groups in total. The molecule has 1 heterocycles. The van der Waals surface area contributed by atoms with E-state index in [0.717, 1.165) is 6.33 Å². The van der Waals surface area contributed by atoms with Gasteiger partial charge in [0.05, 0.1) is 6.33 Å². The summed E-state index contributed by atoms with van der Waals surface area (Å²) in [6.07, 6.45) is -3.61. The summed E-state index contributed by atoms with van der Waals surface area (Å²) in [6, 6.07) is 3.03. The van der Waals surface area contributed by atoms with Crippen LogP contribution in [0.1, 0.15) is 11.4 Å². The van der Waals surface area contributed by atoms with E-state index >= 15 is 0 Å². The molecule has 0 amide bonds. The van der Waals surface area contributed by atoms with Crippen LogP contribution in [-0.2, 0) is 6.54 Å². The van der Waals surface area contributed by atoms with Crippen molar-refractivity contribution >= 4 is 0 Å². The molecule has 7 heteroatoms. The van der Waals surface area contributed by atoms with Crippen molar-refractivity contribution in [3.05, 3.63) is 17.7 Å². The molecule has 14 heavy (non-hydrogen) atoms. The molecule has 4 nitrogen and oxygen atoms in total. The Morgan fingerprint density at radius 2 is 2.00 bits per heavy atom. The highest BCUT2D eigenvalue weighted by atomic mass is 19.4. The fraction of sp³-hybridized carbons (Fsp3) is 0.286. The zero-order chi connectivity index (χ0) is 10.8. The number of hydrogen-bond acceptors (Lipinski definition) is 3. The molecule has 0 aromatic carbocycles. The van der Waals surface area contributed by atoms with Crippen molar-refractivity contribution in [3.63, 3.8) is 0 Å². The van der Waals surface area contributed by atoms with Crippen LogP contribution in [0.5, 0.6) is 0 Å². The second kappa shape index (κ2) is 3.38. The zero-order valence-corrected chi connectivity index (χ0v) is 6.71. The summed E-state index contributed by atoms with van der Waals surface area (Å²) >= 11 is 0. The maximum Gasteiger partial charge on any atom is 0.406 e. The SMILES string of the molecule is N#Cc1ncn(CC(F)(F)F)c1C#N. The van der Waals surface area contributed by atoms with Crippen molar-refractivity contribution < 1.29 is 13.2 Å². The molecule has 0 saturated heterocycles. The van der Waals surface area contributed by atoms with Crippen LogP contribution >= 0.6 is 0 Å². The summed E-state index contributed by atoms with van der Waals surface area (Å²) in [7, 11) is 0. The predicted octanol–water partition coefficient (Wildman–Crippen LogP) is 1.19. The fourth-order valence-corrected chi connectivity index (χ4v) is 0.894. The number of hydrogen-bond donors (Lipinski definition) is 0. The van der Waals surface area contributed by atoms with Crippen LogP contribution in [0, 0.1) is 22.7 Å². The number of aromatic nitrogens is 2. The van der Waals surface area contributed by atoms with Gasteiger partial charge in [-0.15, -0.1) is 0 Å². The van der Waals surface area contributed by atoms with Gasteiger partial charge in [-0.05, 0) is 0 Å². The smallest absolute Gasteiger partial charge is 0.312 e. The Bertz CT molecular complexity index is 418. The van der Waals surface area contributed by atoms with Crippen molar-refractivity contribution in [2.75, 3.05) is 0 Å². The van der Waals surface area contributed by atoms with Crippen LogP contribution in [0.2, 0.25) is 0 Å². The van der Waals surface area contributed by atoms with E-state index in [2.05, 4.69) is 4.98 Å². The molecule has 0 aliphatic rings. The number of imidazole rings is 1. The monoisotopic (exact) mass is 200 g/mol. The highest BCUT2D eigenvalue weighted by Crippen LogP contribution is 2.19. The van der Waals surface area contributed by atoms with E-state index in [9.17, 15) is 13.2 Å². The van der Waals surface area contributed by atoms with Crippen LogP contribution in [0.15, 0.2) is 6.33 Å². The van der Waals surface area contributed by atoms with Gasteiger partial charge in [-0.25, -0.2) is 4.98 Å². The topological polar surface area (TPSA) is 65.4 Å². The Hall–Kier alpha value is -2.02. The van der Waals surface area contributed by atoms with Gasteiger partial charge in [0.15, 0.2) is 11.4 Å². The van der Waals surface area contributed by atoms with Crippen molar-refractivity contribution in [1.82, 2.24) is 9.55 Å². The standard InChI is InChI=1S/C7H3F3N4/c8-7(9,10)3-14-4-13-5(1-11)6(14)2-12/h4H,3H2. The minimum atomic E-state index is -4.43. The van der Waals surface area contributed by atoms with E-state index < -0.39 is 12.7 Å². The minimum Gasteiger partial charge on any atom is -0.312 e. The number of rotatable bonds is 1. The molecule has 72 valence electrons. The lowest BCUT2D eigenvalue weighted by Gasteiger charge is -2.06. The van der Waals surface area contributed by atoms with Gasteiger partial charge >= 0.3 is 6.18 Å². The van der Waals surface area contributed by atoms with Crippen molar-refractivity contribution in [3.8, 4) is 12.1 Å². The van der Waals surface area contributed by atoms with Crippen LogP contribution in [0.4, 0.5) is 13.2 Å². The molecule has 0 atom stereocenters. The van der Waals surface area contributed by atoms with Gasteiger partial charge in [0.25, 0.3) is 0 Å². The third-order valence-corrected chi connectivity index (χ3v) is 1.40. The quantitative estimate of drug-likeness (QED) is 0.683. The fourth-order valence-electron chi connectivity index (χ4n) is 0.894. The highest BCUT2D eigenvalue weighted by Gasteiger charge is 2.29. The molecular weight excluding hydrogens is 197 g/mol. The first-order valence-electron chi connectivity index (χ1n) is 3.40. The molecule has 0 bridgehead atoms. The van der Waals surface area contributed by atoms with Crippen molar-refractivity contribution in [2.45, 2.75) is 12.7 Å². The van der Waals surface area contributed by atoms with E-state index in [1.54, 1.807) is 0 Å². The van der Waals surface area contributed by atoms with Gasteiger partial charge in [-0.2, -0.15) is 23.7 Å². The maximum atomic E-state index is 11.9. The first-order valence-corrected chi connectivity index (χ1v) is 3.40. The van der Waals surface area contributed by atoms with Gasteiger partial charge in [-0.1, -0.05) is 0 Å². The van der Waals surface area contributed by atoms with Gasteiger partial charge in [0, 0.05) is 0 Å². The van der Waals surface area contributed by atoms with Gasteiger partial charge < -0.3 is 4.57 Å². The third kappa shape index (κ3) is 2.02. The lowest BCUT2D eigenvalue weighted by atomic mass is 10.3. The summed E-state index contributed by atoms with van der Waals surface area (Å²) in [4.78, 5) is 3.37. The summed E-state index contributed by atoms with van der Waals surface area (Å²) in [5.41, 5.74) is -0.665. The van der Waals surface area contributed by atoms with E-state index in [1.807, 2.05) is 0 Å². The summed E-state index contributed by atoms with van der Waals surface area (Å²) in [5, 5.41) is 16.9. The Balaban J connectivity index is 3.08. The number of alkyl halides is 3. The molecule has 0 spiro atoms. The molecule has 0 unspecified atom stereocenters. The molecule has 1 aromatic heterocycles. The normalized spacial score (nSPS) is 10.6. The summed E-state index contributed by atoms with van der Waals surface area (Å²) in [6.45, 7) is -1.31. The predicted molar refractivity (Wildman–Crippen MR) is 37.7 cm³/mol. The minimum absolute atomic E-state index is 0.295. The Morgan fingerprint density at radius 1 is 1.36 bits per heavy atom. The molecule has 0 aliphatic heterocycles. The highest BCUT2D eigenvalue weighted by molar-refractivity contribution is 5.36. The molecule has 1 rings (SSSR count). The van der Waals surface area contributed by atoms with Crippen LogP contribution in [-0.4, -0.2) is 15.7 Å².